The monoisotopic (exact) mass is 346 g/mol. The van der Waals surface area contributed by atoms with Gasteiger partial charge in [-0.25, -0.2) is 0 Å². The fourth-order valence-electron chi connectivity index (χ4n) is 1.87. The second-order valence-electron chi connectivity index (χ2n) is 4.69. The predicted octanol–water partition coefficient (Wildman–Crippen LogP) is 0.242. The average molecular weight is 346 g/mol. The van der Waals surface area contributed by atoms with Crippen molar-refractivity contribution in [2.75, 3.05) is 40.5 Å². The van der Waals surface area contributed by atoms with Crippen LogP contribution in [0, 0.1) is 0 Å². The molecule has 0 aliphatic carbocycles. The molecule has 0 bridgehead atoms. The summed E-state index contributed by atoms with van der Waals surface area (Å²) >= 11 is 0. The molecule has 0 unspecified atom stereocenters. The van der Waals surface area contributed by atoms with Crippen molar-refractivity contribution in [1.82, 2.24) is 9.03 Å². The Labute approximate surface area is 136 Å². The molecular formula is C14H22N2O6S. The van der Waals surface area contributed by atoms with Crippen LogP contribution in [0.15, 0.2) is 30.3 Å². The van der Waals surface area contributed by atoms with E-state index in [1.165, 1.54) is 14.2 Å². The first-order chi connectivity index (χ1) is 10.9. The quantitative estimate of drug-likeness (QED) is 0.595. The number of ether oxygens (including phenoxy) is 2. The maximum absolute atomic E-state index is 12.5. The molecule has 1 aromatic carbocycles. The van der Waals surface area contributed by atoms with E-state index in [0.29, 0.717) is 5.56 Å². The van der Waals surface area contributed by atoms with E-state index in [2.05, 4.69) is 4.72 Å². The number of hydrogen-bond acceptors (Lipinski definition) is 5. The first-order valence-electron chi connectivity index (χ1n) is 6.95. The summed E-state index contributed by atoms with van der Waals surface area (Å²) in [5, 5.41) is 9.33. The summed E-state index contributed by atoms with van der Waals surface area (Å²) in [6.07, 6.45) is 0. The summed E-state index contributed by atoms with van der Waals surface area (Å²) in [6, 6.07) is 6.75. The van der Waals surface area contributed by atoms with Crippen molar-refractivity contribution in [3.63, 3.8) is 0 Å². The summed E-state index contributed by atoms with van der Waals surface area (Å²) in [5.74, 6) is -1.28. The molecule has 0 aliphatic heterocycles. The predicted molar refractivity (Wildman–Crippen MR) is 84.2 cm³/mol. The molecule has 0 spiro atoms. The second-order valence-corrected chi connectivity index (χ2v) is 6.39. The third-order valence-electron chi connectivity index (χ3n) is 3.08. The minimum Gasteiger partial charge on any atom is -0.480 e. The van der Waals surface area contributed by atoms with E-state index in [1.54, 1.807) is 30.3 Å². The zero-order valence-corrected chi connectivity index (χ0v) is 14.0. The molecule has 0 amide bonds. The van der Waals surface area contributed by atoms with Crippen molar-refractivity contribution in [3.05, 3.63) is 35.9 Å². The maximum atomic E-state index is 12.5. The van der Waals surface area contributed by atoms with Crippen molar-refractivity contribution >= 4 is 16.2 Å². The Morgan fingerprint density at radius 2 is 1.70 bits per heavy atom. The van der Waals surface area contributed by atoms with Crippen LogP contribution in [0.5, 0.6) is 0 Å². The first kappa shape index (κ1) is 19.5. The van der Waals surface area contributed by atoms with E-state index in [9.17, 15) is 18.3 Å². The van der Waals surface area contributed by atoms with Gasteiger partial charge in [0.05, 0.1) is 13.2 Å². The number of benzene rings is 1. The van der Waals surface area contributed by atoms with Crippen molar-refractivity contribution < 1.29 is 27.8 Å². The molecule has 0 saturated carbocycles. The molecule has 9 heteroatoms. The molecule has 130 valence electrons. The van der Waals surface area contributed by atoms with Gasteiger partial charge >= 0.3 is 5.97 Å². The Balaban J connectivity index is 2.95. The van der Waals surface area contributed by atoms with Gasteiger partial charge in [0.25, 0.3) is 10.2 Å². The van der Waals surface area contributed by atoms with Gasteiger partial charge in [-0.05, 0) is 5.56 Å². The number of rotatable bonds is 11. The molecule has 0 aromatic heterocycles. The van der Waals surface area contributed by atoms with Crippen molar-refractivity contribution in [2.45, 2.75) is 6.04 Å². The van der Waals surface area contributed by atoms with Crippen molar-refractivity contribution in [2.24, 2.45) is 0 Å². The zero-order chi connectivity index (χ0) is 17.3. The molecule has 0 fully saturated rings. The van der Waals surface area contributed by atoms with Gasteiger partial charge in [0.15, 0.2) is 0 Å². The highest BCUT2D eigenvalue weighted by molar-refractivity contribution is 7.87. The summed E-state index contributed by atoms with van der Waals surface area (Å²) in [7, 11) is -1.10. The van der Waals surface area contributed by atoms with Crippen LogP contribution in [0.4, 0.5) is 0 Å². The molecular weight excluding hydrogens is 324 g/mol. The fraction of sp³-hybridized carbons (Fsp3) is 0.500. The van der Waals surface area contributed by atoms with Gasteiger partial charge in [-0.3, -0.25) is 4.79 Å². The topological polar surface area (TPSA) is 105 Å². The van der Waals surface area contributed by atoms with E-state index in [4.69, 9.17) is 9.47 Å². The number of carboxylic acids is 1. The third kappa shape index (κ3) is 6.24. The Morgan fingerprint density at radius 3 is 2.13 bits per heavy atom. The Hall–Kier alpha value is -1.52. The lowest BCUT2D eigenvalue weighted by atomic mass is 10.1. The Bertz CT molecular complexity index is 570. The second kappa shape index (κ2) is 9.58. The standard InChI is InChI=1S/C14H22N2O6S/c1-21-10-8-16(9-11-22-2)23(19,20)15-13(14(17)18)12-6-4-3-5-7-12/h3-7,13,15H,8-11H2,1-2H3,(H,17,18)/t13-/m0/s1. The molecule has 0 aliphatic rings. The van der Waals surface area contributed by atoms with E-state index in [-0.39, 0.29) is 26.3 Å². The molecule has 23 heavy (non-hydrogen) atoms. The Kier molecular flexibility index (Phi) is 8.13. The van der Waals surface area contributed by atoms with Gasteiger partial charge in [-0.2, -0.15) is 17.4 Å². The van der Waals surface area contributed by atoms with Crippen molar-refractivity contribution in [1.29, 1.82) is 0 Å². The van der Waals surface area contributed by atoms with Crippen molar-refractivity contribution in [3.8, 4) is 0 Å². The minimum absolute atomic E-state index is 0.0936. The lowest BCUT2D eigenvalue weighted by Crippen LogP contribution is -2.46. The van der Waals surface area contributed by atoms with Gasteiger partial charge in [-0.1, -0.05) is 30.3 Å². The number of hydrogen-bond donors (Lipinski definition) is 2. The Morgan fingerprint density at radius 1 is 1.17 bits per heavy atom. The first-order valence-corrected chi connectivity index (χ1v) is 8.39. The number of aliphatic carboxylic acids is 1. The highest BCUT2D eigenvalue weighted by Crippen LogP contribution is 2.15. The molecule has 0 saturated heterocycles. The third-order valence-corrected chi connectivity index (χ3v) is 4.65. The van der Waals surface area contributed by atoms with E-state index >= 15 is 0 Å². The number of methoxy groups -OCH3 is 2. The van der Waals surface area contributed by atoms with E-state index in [1.807, 2.05) is 0 Å². The minimum atomic E-state index is -4.02. The highest BCUT2D eigenvalue weighted by atomic mass is 32.2. The lowest BCUT2D eigenvalue weighted by molar-refractivity contribution is -0.139. The van der Waals surface area contributed by atoms with Gasteiger partial charge in [0, 0.05) is 27.3 Å². The van der Waals surface area contributed by atoms with Gasteiger partial charge < -0.3 is 14.6 Å². The molecule has 1 atom stereocenters. The maximum Gasteiger partial charge on any atom is 0.326 e. The molecule has 0 heterocycles. The fourth-order valence-corrected chi connectivity index (χ4v) is 3.18. The SMILES string of the molecule is COCCN(CCOC)S(=O)(=O)N[C@H](C(=O)O)c1ccccc1. The lowest BCUT2D eigenvalue weighted by Gasteiger charge is -2.24. The van der Waals surface area contributed by atoms with Crippen LogP contribution in [0.3, 0.4) is 0 Å². The number of carbonyl (C=O) groups is 1. The van der Waals surface area contributed by atoms with Crippen LogP contribution in [0.2, 0.25) is 0 Å². The van der Waals surface area contributed by atoms with Gasteiger partial charge in [0.1, 0.15) is 6.04 Å². The largest absolute Gasteiger partial charge is 0.480 e. The van der Waals surface area contributed by atoms with E-state index in [0.717, 1.165) is 4.31 Å². The van der Waals surface area contributed by atoms with Crippen LogP contribution in [-0.2, 0) is 24.5 Å². The van der Waals surface area contributed by atoms with Gasteiger partial charge in [-0.15, -0.1) is 0 Å². The molecule has 1 rings (SSSR count). The summed E-state index contributed by atoms with van der Waals surface area (Å²) < 4.78 is 38.0. The zero-order valence-electron chi connectivity index (χ0n) is 13.1. The van der Waals surface area contributed by atoms with Crippen LogP contribution >= 0.6 is 0 Å². The number of carboxylic acid groups (broad SMARTS) is 1. The summed E-state index contributed by atoms with van der Waals surface area (Å²) in [5.41, 5.74) is 0.349. The summed E-state index contributed by atoms with van der Waals surface area (Å²) in [4.78, 5) is 11.4. The smallest absolute Gasteiger partial charge is 0.326 e. The van der Waals surface area contributed by atoms with E-state index < -0.39 is 22.2 Å². The molecule has 0 radical (unpaired) electrons. The van der Waals surface area contributed by atoms with Crippen LogP contribution < -0.4 is 4.72 Å². The average Bonchev–Trinajstić information content (AvgIpc) is 2.53. The summed E-state index contributed by atoms with van der Waals surface area (Å²) in [6.45, 7) is 0.564. The van der Waals surface area contributed by atoms with Crippen LogP contribution in [0.25, 0.3) is 0 Å². The number of nitrogens with zero attached hydrogens (tertiary/aromatic N) is 1. The molecule has 2 N–H and O–H groups in total. The van der Waals surface area contributed by atoms with Gasteiger partial charge in [0.2, 0.25) is 0 Å². The molecule has 1 aromatic rings. The van der Waals surface area contributed by atoms with Crippen LogP contribution in [0.1, 0.15) is 11.6 Å². The normalized spacial score (nSPS) is 13.2. The van der Waals surface area contributed by atoms with Crippen LogP contribution in [-0.4, -0.2) is 64.3 Å². The molecule has 8 nitrogen and oxygen atoms in total. The highest BCUT2D eigenvalue weighted by Gasteiger charge is 2.29. The number of nitrogens with one attached hydrogen (secondary N) is 1.